The summed E-state index contributed by atoms with van der Waals surface area (Å²) in [7, 11) is -4.21. The molecule has 1 fully saturated rings. The third kappa shape index (κ3) is 6.81. The van der Waals surface area contributed by atoms with Gasteiger partial charge in [0.25, 0.3) is 0 Å². The first kappa shape index (κ1) is 28.5. The summed E-state index contributed by atoms with van der Waals surface area (Å²) in [6.45, 7) is 5.68. The number of benzene rings is 1. The molecule has 1 aromatic heterocycles. The zero-order valence-corrected chi connectivity index (χ0v) is 22.7. The van der Waals surface area contributed by atoms with Crippen LogP contribution in [0.5, 0.6) is 5.75 Å². The average molecular weight is 589 g/mol. The van der Waals surface area contributed by atoms with Crippen LogP contribution >= 0.6 is 7.75 Å². The Balaban J connectivity index is 1.79. The molecule has 1 saturated heterocycles. The fraction of sp³-hybridized carbons (Fsp3) is 0.500. The molecule has 0 aliphatic carbocycles. The number of rotatable bonds is 10. The van der Waals surface area contributed by atoms with Gasteiger partial charge in [0.1, 0.15) is 0 Å². The Morgan fingerprint density at radius 2 is 1.97 bits per heavy atom. The van der Waals surface area contributed by atoms with Crippen molar-refractivity contribution in [3.63, 3.8) is 0 Å². The van der Waals surface area contributed by atoms with E-state index in [1.54, 1.807) is 44.2 Å². The Morgan fingerprint density at radius 1 is 1.31 bits per heavy atom. The first-order valence-corrected chi connectivity index (χ1v) is 13.5. The van der Waals surface area contributed by atoms with Crippen LogP contribution < -0.4 is 19.9 Å². The number of aliphatic hydroxyl groups is 2. The van der Waals surface area contributed by atoms with Crippen LogP contribution in [-0.2, 0) is 23.4 Å². The maximum absolute atomic E-state index is 13.6. The second kappa shape index (κ2) is 11.5. The SMILES string of the molecule is CC(C)OC(=O)[C@H](C)NP(=O)(OC[C@H]1O[C@@H](n2ccc(=O)nc2[Se])[C@](C)(O)[C@@H]1O)Oc1ccccc1. The Bertz CT molecular complexity index is 1160. The number of esters is 1. The normalized spacial score (nSPS) is 26.4. The van der Waals surface area contributed by atoms with Gasteiger partial charge in [-0.1, -0.05) is 6.07 Å². The van der Waals surface area contributed by atoms with Gasteiger partial charge in [-0.05, 0) is 13.8 Å². The van der Waals surface area contributed by atoms with E-state index >= 15 is 0 Å². The Labute approximate surface area is 216 Å². The number of aliphatic hydroxyl groups excluding tert-OH is 1. The summed E-state index contributed by atoms with van der Waals surface area (Å²) >= 11 is 2.61. The second-order valence-electron chi connectivity index (χ2n) is 8.69. The van der Waals surface area contributed by atoms with Gasteiger partial charge in [0.15, 0.2) is 0 Å². The summed E-state index contributed by atoms with van der Waals surface area (Å²) in [4.78, 5) is 27.6. The molecule has 2 aromatic rings. The molecule has 36 heavy (non-hydrogen) atoms. The Kier molecular flexibility index (Phi) is 9.13. The van der Waals surface area contributed by atoms with Crippen LogP contribution in [-0.4, -0.2) is 78.3 Å². The van der Waals surface area contributed by atoms with Crippen molar-refractivity contribution in [2.45, 2.75) is 63.9 Å². The standard InChI is InChI=1S/C22H29N3O9PSe/c1-13(2)32-19(28)14(3)24-35(30,34-15-8-6-5-7-9-15)31-12-16-18(27)22(4,29)20(33-16)25-11-10-17(26)23-21(25)36/h5-11,13-14,16,18,20,27,29H,12H2,1-4H3,(H,24,30)/t14-,16+,18+,20+,22+,35?/m0/s1. The summed E-state index contributed by atoms with van der Waals surface area (Å²) in [6, 6.07) is 8.31. The molecule has 1 aromatic carbocycles. The molecular weight excluding hydrogens is 560 g/mol. The molecule has 3 rings (SSSR count). The third-order valence-corrected chi connectivity index (χ3v) is 7.52. The Morgan fingerprint density at radius 3 is 2.58 bits per heavy atom. The zero-order valence-electron chi connectivity index (χ0n) is 20.1. The van der Waals surface area contributed by atoms with Crippen molar-refractivity contribution in [1.82, 2.24) is 14.6 Å². The molecule has 1 aliphatic heterocycles. The predicted molar refractivity (Wildman–Crippen MR) is 129 cm³/mol. The van der Waals surface area contributed by atoms with E-state index in [4.69, 9.17) is 18.5 Å². The van der Waals surface area contributed by atoms with Gasteiger partial charge in [-0.25, -0.2) is 0 Å². The molecule has 0 amide bonds. The molecule has 0 saturated carbocycles. The van der Waals surface area contributed by atoms with Gasteiger partial charge in [0.05, 0.1) is 6.10 Å². The number of carbonyl (C=O) groups excluding carboxylic acids is 1. The van der Waals surface area contributed by atoms with Crippen LogP contribution in [0.4, 0.5) is 0 Å². The predicted octanol–water partition coefficient (Wildman–Crippen LogP) is 0.180. The van der Waals surface area contributed by atoms with E-state index in [9.17, 15) is 24.4 Å². The first-order chi connectivity index (χ1) is 16.8. The molecule has 12 nitrogen and oxygen atoms in total. The molecular formula is C22H29N3O9PSe. The number of hydrogen-bond donors (Lipinski definition) is 3. The number of hydrogen-bond acceptors (Lipinski definition) is 10. The number of para-hydroxylation sites is 1. The van der Waals surface area contributed by atoms with E-state index in [0.29, 0.717) is 0 Å². The summed E-state index contributed by atoms with van der Waals surface area (Å²) in [5, 5.41) is 24.3. The fourth-order valence-electron chi connectivity index (χ4n) is 3.46. The first-order valence-electron chi connectivity index (χ1n) is 11.1. The molecule has 1 aliphatic rings. The molecule has 3 N–H and O–H groups in total. The van der Waals surface area contributed by atoms with Gasteiger partial charge >= 0.3 is 190 Å². The number of aromatic nitrogens is 2. The average Bonchev–Trinajstić information content (AvgIpc) is 3.01. The van der Waals surface area contributed by atoms with Gasteiger partial charge < -0.3 is 0 Å². The Hall–Kier alpha value is -2.08. The molecule has 2 heterocycles. The van der Waals surface area contributed by atoms with Gasteiger partial charge in [-0.2, -0.15) is 0 Å². The number of ether oxygens (including phenoxy) is 2. The topological polar surface area (TPSA) is 158 Å². The van der Waals surface area contributed by atoms with E-state index in [0.717, 1.165) is 0 Å². The molecule has 0 bridgehead atoms. The molecule has 1 radical (unpaired) electrons. The van der Waals surface area contributed by atoms with Crippen molar-refractivity contribution in [3.8, 4) is 5.75 Å². The van der Waals surface area contributed by atoms with E-state index < -0.39 is 56.0 Å². The molecule has 6 atom stereocenters. The third-order valence-electron chi connectivity index (χ3n) is 5.25. The van der Waals surface area contributed by atoms with Gasteiger partial charge in [-0.3, -0.25) is 0 Å². The summed E-state index contributed by atoms with van der Waals surface area (Å²) in [5.41, 5.74) is -2.32. The van der Waals surface area contributed by atoms with Crippen molar-refractivity contribution in [2.75, 3.05) is 6.61 Å². The fourth-order valence-corrected chi connectivity index (χ4v) is 5.48. The van der Waals surface area contributed by atoms with Crippen LogP contribution in [0.2, 0.25) is 0 Å². The summed E-state index contributed by atoms with van der Waals surface area (Å²) < 4.78 is 37.3. The van der Waals surface area contributed by atoms with Crippen LogP contribution in [0, 0.1) is 0 Å². The quantitative estimate of drug-likeness (QED) is 0.197. The molecule has 1 unspecified atom stereocenters. The van der Waals surface area contributed by atoms with Crippen molar-refractivity contribution in [2.24, 2.45) is 0 Å². The van der Waals surface area contributed by atoms with Crippen LogP contribution in [0.1, 0.15) is 33.9 Å². The zero-order chi connectivity index (χ0) is 26.7. The minimum atomic E-state index is -4.21. The molecule has 197 valence electrons. The van der Waals surface area contributed by atoms with Crippen LogP contribution in [0.3, 0.4) is 0 Å². The van der Waals surface area contributed by atoms with E-state index in [-0.39, 0.29) is 16.6 Å². The van der Waals surface area contributed by atoms with E-state index in [1.807, 2.05) is 0 Å². The van der Waals surface area contributed by atoms with Crippen LogP contribution in [0.15, 0.2) is 47.4 Å². The summed E-state index contributed by atoms with van der Waals surface area (Å²) in [6.07, 6.45) is -2.80. The number of carbonyl (C=O) groups is 1. The van der Waals surface area contributed by atoms with Gasteiger partial charge in [-0.15, -0.1) is 0 Å². The van der Waals surface area contributed by atoms with Crippen molar-refractivity contribution < 1.29 is 38.1 Å². The van der Waals surface area contributed by atoms with Crippen molar-refractivity contribution in [3.05, 3.63) is 52.9 Å². The monoisotopic (exact) mass is 590 g/mol. The van der Waals surface area contributed by atoms with Gasteiger partial charge in [0, 0.05) is 0 Å². The van der Waals surface area contributed by atoms with Crippen molar-refractivity contribution >= 4 is 34.5 Å². The van der Waals surface area contributed by atoms with E-state index in [1.165, 1.54) is 30.7 Å². The minimum absolute atomic E-state index is 0.138. The van der Waals surface area contributed by atoms with E-state index in [2.05, 4.69) is 26.1 Å². The maximum atomic E-state index is 13.6. The molecule has 0 spiro atoms. The molecule has 14 heteroatoms. The second-order valence-corrected chi connectivity index (χ2v) is 11.1. The van der Waals surface area contributed by atoms with Crippen molar-refractivity contribution in [1.29, 1.82) is 0 Å². The number of nitrogens with zero attached hydrogens (tertiary/aromatic N) is 2. The number of nitrogens with one attached hydrogen (secondary N) is 1. The van der Waals surface area contributed by atoms with Crippen LogP contribution in [0.25, 0.3) is 0 Å². The summed E-state index contributed by atoms with van der Waals surface area (Å²) in [5.74, 6) is -0.455. The van der Waals surface area contributed by atoms with Gasteiger partial charge in [0.2, 0.25) is 0 Å².